The summed E-state index contributed by atoms with van der Waals surface area (Å²) in [5, 5.41) is 3.92. The molecule has 2 aromatic carbocycles. The Bertz CT molecular complexity index is 1470. The van der Waals surface area contributed by atoms with Crippen LogP contribution in [0, 0.1) is 17.8 Å². The standard InChI is InChI=1S/C34H43Cl2N3O4S/c1-22(33(41)37-29-5-3-4-6-29)38(20-26-7-10-28(35)16-31(26)36)32(40)21-39(44(2,42)43)30-11-8-27(9-12-30)34-17-23-13-24(18-34)15-25(14-23)19-34/h7-12,16,22-25,29H,3-6,13-15,17-21H2,1-2H3,(H,37,41)/t22-,23?,24?,25?,34?/m1/s1. The van der Waals surface area contributed by atoms with E-state index in [4.69, 9.17) is 23.2 Å². The molecule has 44 heavy (non-hydrogen) atoms. The lowest BCUT2D eigenvalue weighted by molar-refractivity contribution is -0.139. The van der Waals surface area contributed by atoms with E-state index in [1.165, 1.54) is 49.0 Å². The van der Waals surface area contributed by atoms with Crippen molar-refractivity contribution in [2.75, 3.05) is 17.1 Å². The summed E-state index contributed by atoms with van der Waals surface area (Å²) in [6, 6.07) is 12.1. The fourth-order valence-electron chi connectivity index (χ4n) is 8.87. The van der Waals surface area contributed by atoms with E-state index >= 15 is 0 Å². The highest BCUT2D eigenvalue weighted by Gasteiger charge is 2.51. The van der Waals surface area contributed by atoms with Crippen molar-refractivity contribution in [3.8, 4) is 0 Å². The lowest BCUT2D eigenvalue weighted by Gasteiger charge is -2.57. The number of nitrogens with zero attached hydrogens (tertiary/aromatic N) is 2. The van der Waals surface area contributed by atoms with Gasteiger partial charge in [-0.3, -0.25) is 13.9 Å². The van der Waals surface area contributed by atoms with Crippen LogP contribution in [0.3, 0.4) is 0 Å². The molecule has 2 amide bonds. The van der Waals surface area contributed by atoms with Crippen molar-refractivity contribution in [2.24, 2.45) is 17.8 Å². The Morgan fingerprint density at radius 1 is 0.955 bits per heavy atom. The summed E-state index contributed by atoms with van der Waals surface area (Å²) in [4.78, 5) is 28.8. The van der Waals surface area contributed by atoms with E-state index < -0.39 is 28.5 Å². The molecule has 0 unspecified atom stereocenters. The summed E-state index contributed by atoms with van der Waals surface area (Å²) in [5.74, 6) is 1.67. The number of halogens is 2. The number of hydrogen-bond acceptors (Lipinski definition) is 4. The van der Waals surface area contributed by atoms with Crippen molar-refractivity contribution < 1.29 is 18.0 Å². The third-order valence-corrected chi connectivity index (χ3v) is 12.4. The minimum Gasteiger partial charge on any atom is -0.352 e. The van der Waals surface area contributed by atoms with Gasteiger partial charge in [-0.05, 0) is 117 Å². The van der Waals surface area contributed by atoms with E-state index in [0.29, 0.717) is 21.3 Å². The highest BCUT2D eigenvalue weighted by molar-refractivity contribution is 7.92. The molecule has 7 rings (SSSR count). The summed E-state index contributed by atoms with van der Waals surface area (Å²) in [5.41, 5.74) is 2.55. The van der Waals surface area contributed by atoms with Gasteiger partial charge in [-0.2, -0.15) is 0 Å². The molecule has 4 bridgehead atoms. The molecule has 10 heteroatoms. The summed E-state index contributed by atoms with van der Waals surface area (Å²) < 4.78 is 27.4. The molecule has 238 valence electrons. The van der Waals surface area contributed by atoms with Gasteiger partial charge in [-0.25, -0.2) is 8.42 Å². The van der Waals surface area contributed by atoms with Crippen LogP contribution in [0.5, 0.6) is 0 Å². The van der Waals surface area contributed by atoms with Crippen molar-refractivity contribution >= 4 is 50.7 Å². The number of hydrogen-bond donors (Lipinski definition) is 1. The van der Waals surface area contributed by atoms with E-state index in [0.717, 1.165) is 54.0 Å². The van der Waals surface area contributed by atoms with Gasteiger partial charge < -0.3 is 10.2 Å². The molecule has 1 N–H and O–H groups in total. The van der Waals surface area contributed by atoms with Gasteiger partial charge in [-0.15, -0.1) is 0 Å². The normalized spacial score (nSPS) is 26.9. The maximum absolute atomic E-state index is 14.0. The van der Waals surface area contributed by atoms with Gasteiger partial charge in [0.2, 0.25) is 21.8 Å². The maximum Gasteiger partial charge on any atom is 0.244 e. The summed E-state index contributed by atoms with van der Waals surface area (Å²) in [6.45, 7) is 1.29. The van der Waals surface area contributed by atoms with E-state index in [1.807, 2.05) is 12.1 Å². The molecular formula is C34H43Cl2N3O4S. The summed E-state index contributed by atoms with van der Waals surface area (Å²) in [7, 11) is -3.81. The number of amides is 2. The lowest BCUT2D eigenvalue weighted by Crippen LogP contribution is -2.52. The third kappa shape index (κ3) is 6.63. The molecule has 1 atom stereocenters. The van der Waals surface area contributed by atoms with Crippen molar-refractivity contribution in [1.29, 1.82) is 0 Å². The van der Waals surface area contributed by atoms with Crippen LogP contribution in [-0.4, -0.2) is 50.0 Å². The second-order valence-corrected chi connectivity index (χ2v) is 16.7. The van der Waals surface area contributed by atoms with E-state index in [2.05, 4.69) is 17.4 Å². The Balaban J connectivity index is 1.24. The Morgan fingerprint density at radius 2 is 1.55 bits per heavy atom. The molecule has 0 saturated heterocycles. The number of rotatable bonds is 10. The first kappa shape index (κ1) is 31.7. The molecule has 5 aliphatic carbocycles. The highest BCUT2D eigenvalue weighted by Crippen LogP contribution is 2.60. The van der Waals surface area contributed by atoms with E-state index in [-0.39, 0.29) is 23.9 Å². The van der Waals surface area contributed by atoms with Gasteiger partial charge in [0.25, 0.3) is 0 Å². The van der Waals surface area contributed by atoms with Gasteiger partial charge in [0.15, 0.2) is 0 Å². The zero-order valence-electron chi connectivity index (χ0n) is 25.6. The fourth-order valence-corrected chi connectivity index (χ4v) is 10.2. The number of sulfonamides is 1. The Labute approximate surface area is 271 Å². The van der Waals surface area contributed by atoms with Crippen molar-refractivity contribution in [3.05, 3.63) is 63.6 Å². The van der Waals surface area contributed by atoms with Crippen LogP contribution < -0.4 is 9.62 Å². The van der Waals surface area contributed by atoms with Gasteiger partial charge in [0, 0.05) is 22.6 Å². The second-order valence-electron chi connectivity index (χ2n) is 13.9. The van der Waals surface area contributed by atoms with Crippen molar-refractivity contribution in [2.45, 2.75) is 95.2 Å². The van der Waals surface area contributed by atoms with Crippen LogP contribution in [0.1, 0.15) is 82.3 Å². The third-order valence-electron chi connectivity index (χ3n) is 10.7. The summed E-state index contributed by atoms with van der Waals surface area (Å²) >= 11 is 12.6. The number of benzene rings is 2. The number of carbonyl (C=O) groups excluding carboxylic acids is 2. The molecule has 5 saturated carbocycles. The van der Waals surface area contributed by atoms with Crippen LogP contribution in [0.25, 0.3) is 0 Å². The number of nitrogens with one attached hydrogen (secondary N) is 1. The highest BCUT2D eigenvalue weighted by atomic mass is 35.5. The van der Waals surface area contributed by atoms with Gasteiger partial charge in [0.1, 0.15) is 12.6 Å². The fraction of sp³-hybridized carbons (Fsp3) is 0.588. The molecule has 0 radical (unpaired) electrons. The maximum atomic E-state index is 14.0. The van der Waals surface area contributed by atoms with Crippen LogP contribution >= 0.6 is 23.2 Å². The quantitative estimate of drug-likeness (QED) is 0.307. The first-order valence-corrected chi connectivity index (χ1v) is 18.6. The molecule has 0 heterocycles. The van der Waals surface area contributed by atoms with E-state index in [1.54, 1.807) is 25.1 Å². The lowest BCUT2D eigenvalue weighted by atomic mass is 9.48. The number of carbonyl (C=O) groups is 2. The van der Waals surface area contributed by atoms with Gasteiger partial charge in [0.05, 0.1) is 11.9 Å². The monoisotopic (exact) mass is 659 g/mol. The van der Waals surface area contributed by atoms with Crippen molar-refractivity contribution in [3.63, 3.8) is 0 Å². The van der Waals surface area contributed by atoms with Crippen LogP contribution in [-0.2, 0) is 31.6 Å². The van der Waals surface area contributed by atoms with Gasteiger partial charge >= 0.3 is 0 Å². The van der Waals surface area contributed by atoms with Crippen LogP contribution in [0.15, 0.2) is 42.5 Å². The predicted molar refractivity (Wildman–Crippen MR) is 175 cm³/mol. The minimum absolute atomic E-state index is 0.0383. The van der Waals surface area contributed by atoms with Gasteiger partial charge in [-0.1, -0.05) is 54.2 Å². The Morgan fingerprint density at radius 3 is 2.09 bits per heavy atom. The topological polar surface area (TPSA) is 86.8 Å². The first-order valence-electron chi connectivity index (χ1n) is 16.0. The molecular weight excluding hydrogens is 617 g/mol. The predicted octanol–water partition coefficient (Wildman–Crippen LogP) is 6.70. The molecule has 0 aliphatic heterocycles. The molecule has 2 aromatic rings. The number of anilines is 1. The average Bonchev–Trinajstić information content (AvgIpc) is 3.47. The minimum atomic E-state index is -3.81. The zero-order chi connectivity index (χ0) is 31.2. The molecule has 7 nitrogen and oxygen atoms in total. The second kappa shape index (κ2) is 12.5. The molecule has 0 aromatic heterocycles. The molecule has 0 spiro atoms. The van der Waals surface area contributed by atoms with Crippen molar-refractivity contribution in [1.82, 2.24) is 10.2 Å². The zero-order valence-corrected chi connectivity index (χ0v) is 27.9. The Kier molecular flexibility index (Phi) is 8.99. The van der Waals surface area contributed by atoms with Crippen LogP contribution in [0.2, 0.25) is 10.0 Å². The van der Waals surface area contributed by atoms with Crippen LogP contribution in [0.4, 0.5) is 5.69 Å². The summed E-state index contributed by atoms with van der Waals surface area (Å²) in [6.07, 6.45) is 12.8. The smallest absolute Gasteiger partial charge is 0.244 e. The largest absolute Gasteiger partial charge is 0.352 e. The first-order chi connectivity index (χ1) is 20.9. The average molecular weight is 661 g/mol. The SMILES string of the molecule is C[C@H](C(=O)NC1CCCC1)N(Cc1ccc(Cl)cc1Cl)C(=O)CN(c1ccc(C23CC4CC(CC(C4)C2)C3)cc1)S(C)(=O)=O. The van der Waals surface area contributed by atoms with E-state index in [9.17, 15) is 18.0 Å². The molecule has 5 aliphatic rings. The molecule has 5 fully saturated rings. The Hall–Kier alpha value is -2.29.